The Bertz CT molecular complexity index is 501. The third-order valence-corrected chi connectivity index (χ3v) is 3.87. The van der Waals surface area contributed by atoms with E-state index >= 15 is 0 Å². The lowest BCUT2D eigenvalue weighted by atomic mass is 10.3. The molecule has 0 N–H and O–H groups in total. The molecule has 0 aromatic carbocycles. The summed E-state index contributed by atoms with van der Waals surface area (Å²) >= 11 is 1.65. The minimum absolute atomic E-state index is 0.133. The number of aryl methyl sites for hydroxylation is 1. The first-order valence-electron chi connectivity index (χ1n) is 5.84. The Balaban J connectivity index is 1.95. The maximum absolute atomic E-state index is 12.0. The molecule has 0 unspecified atom stereocenters. The van der Waals surface area contributed by atoms with Crippen LogP contribution in [0.1, 0.15) is 4.88 Å². The molecule has 4 nitrogen and oxygen atoms in total. The molecule has 94 valence electrons. The maximum Gasteiger partial charge on any atom is 0.241 e. The van der Waals surface area contributed by atoms with Crippen molar-refractivity contribution in [3.05, 3.63) is 29.2 Å². The molecule has 1 amide bonds. The molecule has 0 spiro atoms. The number of amides is 1. The second-order valence-electron chi connectivity index (χ2n) is 4.20. The highest BCUT2D eigenvalue weighted by Crippen LogP contribution is 2.26. The Morgan fingerprint density at radius 2 is 2.33 bits per heavy atom. The molecule has 1 aromatic heterocycles. The van der Waals surface area contributed by atoms with Crippen molar-refractivity contribution in [2.45, 2.75) is 6.92 Å². The third-order valence-electron chi connectivity index (χ3n) is 2.85. The van der Waals surface area contributed by atoms with Crippen molar-refractivity contribution in [3.63, 3.8) is 0 Å². The van der Waals surface area contributed by atoms with Crippen molar-refractivity contribution >= 4 is 22.2 Å². The summed E-state index contributed by atoms with van der Waals surface area (Å²) in [5.74, 6) is 0.133. The van der Waals surface area contributed by atoms with Gasteiger partial charge in [-0.1, -0.05) is 6.08 Å². The first kappa shape index (κ1) is 12.8. The largest absolute Gasteiger partial charge is 0.301 e. The Morgan fingerprint density at radius 3 is 2.94 bits per heavy atom. The molecule has 1 aliphatic rings. The SMILES string of the molecule is Cc1ccc(N2CCN(C/C=C/C#N)CC2=O)s1. The minimum atomic E-state index is 0.133. The van der Waals surface area contributed by atoms with E-state index in [9.17, 15) is 4.79 Å². The van der Waals surface area contributed by atoms with Crippen LogP contribution in [0.2, 0.25) is 0 Å². The summed E-state index contributed by atoms with van der Waals surface area (Å²) in [7, 11) is 0. The molecule has 0 atom stereocenters. The van der Waals surface area contributed by atoms with E-state index in [2.05, 4.69) is 0 Å². The van der Waals surface area contributed by atoms with Crippen LogP contribution in [0.4, 0.5) is 5.00 Å². The fourth-order valence-corrected chi connectivity index (χ4v) is 2.84. The van der Waals surface area contributed by atoms with Gasteiger partial charge in [0.15, 0.2) is 0 Å². The van der Waals surface area contributed by atoms with Crippen LogP contribution in [-0.4, -0.2) is 37.0 Å². The number of nitrogens with zero attached hydrogens (tertiary/aromatic N) is 3. The fourth-order valence-electron chi connectivity index (χ4n) is 1.93. The molecule has 0 radical (unpaired) electrons. The zero-order chi connectivity index (χ0) is 13.0. The fraction of sp³-hybridized carbons (Fsp3) is 0.385. The van der Waals surface area contributed by atoms with Gasteiger partial charge >= 0.3 is 0 Å². The van der Waals surface area contributed by atoms with E-state index in [0.29, 0.717) is 13.1 Å². The van der Waals surface area contributed by atoms with Gasteiger partial charge in [0, 0.05) is 30.6 Å². The molecule has 1 saturated heterocycles. The van der Waals surface area contributed by atoms with Crippen LogP contribution in [0.15, 0.2) is 24.3 Å². The standard InChI is InChI=1S/C13H15N3OS/c1-11-4-5-13(18-11)16-9-8-15(10-12(16)17)7-3-2-6-14/h2-5H,7-10H2,1H3/b3-2+. The normalized spacial score (nSPS) is 17.3. The summed E-state index contributed by atoms with van der Waals surface area (Å²) in [5.41, 5.74) is 0. The quantitative estimate of drug-likeness (QED) is 0.779. The number of rotatable bonds is 3. The van der Waals surface area contributed by atoms with E-state index < -0.39 is 0 Å². The minimum Gasteiger partial charge on any atom is -0.301 e. The lowest BCUT2D eigenvalue weighted by Crippen LogP contribution is -2.50. The lowest BCUT2D eigenvalue weighted by molar-refractivity contribution is -0.121. The smallest absolute Gasteiger partial charge is 0.241 e. The number of carbonyl (C=O) groups is 1. The Kier molecular flexibility index (Phi) is 4.13. The van der Waals surface area contributed by atoms with Gasteiger partial charge in [-0.25, -0.2) is 0 Å². The van der Waals surface area contributed by atoms with Gasteiger partial charge in [-0.05, 0) is 19.1 Å². The van der Waals surface area contributed by atoms with Crippen molar-refractivity contribution in [1.82, 2.24) is 4.90 Å². The van der Waals surface area contributed by atoms with Crippen LogP contribution in [0.3, 0.4) is 0 Å². The van der Waals surface area contributed by atoms with Crippen LogP contribution >= 0.6 is 11.3 Å². The Morgan fingerprint density at radius 1 is 1.50 bits per heavy atom. The molecule has 1 aromatic rings. The van der Waals surface area contributed by atoms with Crippen molar-refractivity contribution in [2.24, 2.45) is 0 Å². The van der Waals surface area contributed by atoms with Crippen LogP contribution in [-0.2, 0) is 4.79 Å². The van der Waals surface area contributed by atoms with Crippen LogP contribution in [0, 0.1) is 18.3 Å². The summed E-state index contributed by atoms with van der Waals surface area (Å²) in [4.78, 5) is 17.2. The molecular formula is C13H15N3OS. The predicted octanol–water partition coefficient (Wildman–Crippen LogP) is 1.78. The number of anilines is 1. The predicted molar refractivity (Wildman–Crippen MR) is 72.6 cm³/mol. The molecule has 0 saturated carbocycles. The molecule has 5 heteroatoms. The number of nitriles is 1. The number of allylic oxidation sites excluding steroid dienone is 1. The highest BCUT2D eigenvalue weighted by atomic mass is 32.1. The van der Waals surface area contributed by atoms with E-state index in [1.165, 1.54) is 11.0 Å². The number of carbonyl (C=O) groups excluding carboxylic acids is 1. The maximum atomic E-state index is 12.0. The summed E-state index contributed by atoms with van der Waals surface area (Å²) in [6, 6.07) is 6.00. The molecule has 1 aliphatic heterocycles. The molecule has 0 aliphatic carbocycles. The average molecular weight is 261 g/mol. The number of hydrogen-bond acceptors (Lipinski definition) is 4. The Labute approximate surface area is 111 Å². The molecule has 2 rings (SSSR count). The summed E-state index contributed by atoms with van der Waals surface area (Å²) in [6.07, 6.45) is 3.25. The van der Waals surface area contributed by atoms with Gasteiger partial charge in [-0.2, -0.15) is 5.26 Å². The second kappa shape index (κ2) is 5.80. The zero-order valence-corrected chi connectivity index (χ0v) is 11.1. The highest BCUT2D eigenvalue weighted by Gasteiger charge is 2.24. The first-order valence-corrected chi connectivity index (χ1v) is 6.66. The third kappa shape index (κ3) is 2.97. The van der Waals surface area contributed by atoms with E-state index in [-0.39, 0.29) is 5.91 Å². The summed E-state index contributed by atoms with van der Waals surface area (Å²) in [5, 5.41) is 9.44. The zero-order valence-electron chi connectivity index (χ0n) is 10.3. The second-order valence-corrected chi connectivity index (χ2v) is 5.46. The number of piperazine rings is 1. The average Bonchev–Trinajstić information content (AvgIpc) is 2.76. The van der Waals surface area contributed by atoms with Crippen molar-refractivity contribution in [2.75, 3.05) is 31.1 Å². The van der Waals surface area contributed by atoms with E-state index in [4.69, 9.17) is 5.26 Å². The monoisotopic (exact) mass is 261 g/mol. The van der Waals surface area contributed by atoms with Gasteiger partial charge in [0.05, 0.1) is 17.6 Å². The summed E-state index contributed by atoms with van der Waals surface area (Å²) in [6.45, 7) is 4.70. The molecule has 1 fully saturated rings. The number of hydrogen-bond donors (Lipinski definition) is 0. The van der Waals surface area contributed by atoms with Gasteiger partial charge in [0.25, 0.3) is 0 Å². The van der Waals surface area contributed by atoms with E-state index in [0.717, 1.165) is 18.1 Å². The van der Waals surface area contributed by atoms with E-state index in [1.54, 1.807) is 17.4 Å². The Hall–Kier alpha value is -1.64. The van der Waals surface area contributed by atoms with Gasteiger partial charge in [0.1, 0.15) is 0 Å². The topological polar surface area (TPSA) is 47.3 Å². The van der Waals surface area contributed by atoms with E-state index in [1.807, 2.05) is 34.9 Å². The van der Waals surface area contributed by atoms with Gasteiger partial charge in [-0.3, -0.25) is 9.69 Å². The summed E-state index contributed by atoms with van der Waals surface area (Å²) < 4.78 is 0. The first-order chi connectivity index (χ1) is 8.70. The number of thiophene rings is 1. The molecule has 2 heterocycles. The van der Waals surface area contributed by atoms with Gasteiger partial charge in [0.2, 0.25) is 5.91 Å². The molecular weight excluding hydrogens is 246 g/mol. The van der Waals surface area contributed by atoms with Crippen molar-refractivity contribution < 1.29 is 4.79 Å². The van der Waals surface area contributed by atoms with Crippen molar-refractivity contribution in [3.8, 4) is 6.07 Å². The van der Waals surface area contributed by atoms with Gasteiger partial charge < -0.3 is 4.90 Å². The van der Waals surface area contributed by atoms with Crippen LogP contribution in [0.5, 0.6) is 0 Å². The van der Waals surface area contributed by atoms with Crippen LogP contribution < -0.4 is 4.90 Å². The van der Waals surface area contributed by atoms with Gasteiger partial charge in [-0.15, -0.1) is 11.3 Å². The molecule has 18 heavy (non-hydrogen) atoms. The van der Waals surface area contributed by atoms with Crippen LogP contribution in [0.25, 0.3) is 0 Å². The lowest BCUT2D eigenvalue weighted by Gasteiger charge is -2.32. The molecule has 0 bridgehead atoms. The highest BCUT2D eigenvalue weighted by molar-refractivity contribution is 7.16. The van der Waals surface area contributed by atoms with Crippen molar-refractivity contribution in [1.29, 1.82) is 5.26 Å².